The standard InChI is InChI=1S/C11H12N2O5S/c1-7-4-9(3-2-8(7)5-12)19(17,18)13-6-10(14)11(15)16/h2-4,10,13-14H,6H2,1H3,(H,15,16)/t10-/m0/s1. The van der Waals surface area contributed by atoms with Crippen LogP contribution in [-0.2, 0) is 14.8 Å². The third kappa shape index (κ3) is 3.75. The van der Waals surface area contributed by atoms with Crippen molar-refractivity contribution in [2.45, 2.75) is 17.9 Å². The minimum Gasteiger partial charge on any atom is -0.479 e. The number of aliphatic carboxylic acids is 1. The van der Waals surface area contributed by atoms with Crippen LogP contribution in [0.5, 0.6) is 0 Å². The Morgan fingerprint density at radius 2 is 2.16 bits per heavy atom. The number of carboxylic acid groups (broad SMARTS) is 1. The predicted octanol–water partition coefficient (Wildman–Crippen LogP) is -0.410. The lowest BCUT2D eigenvalue weighted by Gasteiger charge is -2.09. The Hall–Kier alpha value is -1.95. The van der Waals surface area contributed by atoms with Crippen molar-refractivity contribution in [3.63, 3.8) is 0 Å². The summed E-state index contributed by atoms with van der Waals surface area (Å²) in [6.07, 6.45) is -1.81. The fourth-order valence-electron chi connectivity index (χ4n) is 1.29. The zero-order valence-corrected chi connectivity index (χ0v) is 10.8. The maximum Gasteiger partial charge on any atom is 0.333 e. The molecule has 1 rings (SSSR count). The van der Waals surface area contributed by atoms with Crippen molar-refractivity contribution in [2.24, 2.45) is 0 Å². The number of carbonyl (C=O) groups is 1. The molecular formula is C11H12N2O5S. The molecule has 0 unspecified atom stereocenters. The van der Waals surface area contributed by atoms with Gasteiger partial charge in [-0.05, 0) is 30.7 Å². The number of nitrogens with one attached hydrogen (secondary N) is 1. The van der Waals surface area contributed by atoms with E-state index in [9.17, 15) is 13.2 Å². The van der Waals surface area contributed by atoms with Crippen molar-refractivity contribution >= 4 is 16.0 Å². The van der Waals surface area contributed by atoms with E-state index in [0.717, 1.165) is 0 Å². The summed E-state index contributed by atoms with van der Waals surface area (Å²) < 4.78 is 25.6. The number of nitriles is 1. The number of hydrogen-bond donors (Lipinski definition) is 3. The number of nitrogens with zero attached hydrogens (tertiary/aromatic N) is 1. The quantitative estimate of drug-likeness (QED) is 0.674. The normalized spacial score (nSPS) is 12.7. The first-order valence-corrected chi connectivity index (χ1v) is 6.67. The lowest BCUT2D eigenvalue weighted by molar-refractivity contribution is -0.146. The molecule has 19 heavy (non-hydrogen) atoms. The third-order valence-electron chi connectivity index (χ3n) is 2.38. The molecule has 0 bridgehead atoms. The van der Waals surface area contributed by atoms with Crippen molar-refractivity contribution < 1.29 is 23.4 Å². The zero-order valence-electron chi connectivity index (χ0n) is 9.99. The van der Waals surface area contributed by atoms with Gasteiger partial charge in [-0.25, -0.2) is 17.9 Å². The van der Waals surface area contributed by atoms with E-state index in [-0.39, 0.29) is 4.90 Å². The summed E-state index contributed by atoms with van der Waals surface area (Å²) in [6.45, 7) is 0.959. The van der Waals surface area contributed by atoms with Crippen LogP contribution in [-0.4, -0.2) is 37.2 Å². The Balaban J connectivity index is 2.93. The highest BCUT2D eigenvalue weighted by Crippen LogP contribution is 2.14. The Labute approximate surface area is 110 Å². The van der Waals surface area contributed by atoms with Gasteiger partial charge in [-0.3, -0.25) is 0 Å². The summed E-state index contributed by atoms with van der Waals surface area (Å²) in [4.78, 5) is 10.3. The Morgan fingerprint density at radius 3 is 2.63 bits per heavy atom. The highest BCUT2D eigenvalue weighted by Gasteiger charge is 2.19. The first-order valence-electron chi connectivity index (χ1n) is 5.19. The van der Waals surface area contributed by atoms with Crippen molar-refractivity contribution in [1.82, 2.24) is 4.72 Å². The number of benzene rings is 1. The number of sulfonamides is 1. The molecule has 0 radical (unpaired) electrons. The van der Waals surface area contributed by atoms with Crippen LogP contribution in [0.25, 0.3) is 0 Å². The van der Waals surface area contributed by atoms with Crippen LogP contribution < -0.4 is 4.72 Å². The van der Waals surface area contributed by atoms with Gasteiger partial charge in [-0.2, -0.15) is 5.26 Å². The Morgan fingerprint density at radius 1 is 1.53 bits per heavy atom. The molecule has 1 aromatic rings. The molecule has 0 fully saturated rings. The molecule has 0 amide bonds. The second-order valence-electron chi connectivity index (χ2n) is 3.79. The smallest absolute Gasteiger partial charge is 0.333 e. The van der Waals surface area contributed by atoms with Gasteiger partial charge in [0.05, 0.1) is 16.5 Å². The van der Waals surface area contributed by atoms with Gasteiger partial charge >= 0.3 is 5.97 Å². The maximum atomic E-state index is 11.8. The number of aliphatic hydroxyl groups is 1. The molecule has 8 heteroatoms. The molecule has 0 aromatic heterocycles. The SMILES string of the molecule is Cc1cc(S(=O)(=O)NC[C@H](O)C(=O)O)ccc1C#N. The monoisotopic (exact) mass is 284 g/mol. The number of rotatable bonds is 5. The minimum absolute atomic E-state index is 0.0958. The van der Waals surface area contributed by atoms with Crippen molar-refractivity contribution in [3.8, 4) is 6.07 Å². The van der Waals surface area contributed by atoms with E-state index in [2.05, 4.69) is 0 Å². The topological polar surface area (TPSA) is 127 Å². The summed E-state index contributed by atoms with van der Waals surface area (Å²) in [6, 6.07) is 5.80. The first-order chi connectivity index (χ1) is 8.77. The van der Waals surface area contributed by atoms with Crippen molar-refractivity contribution in [3.05, 3.63) is 29.3 Å². The van der Waals surface area contributed by atoms with Crippen molar-refractivity contribution in [2.75, 3.05) is 6.54 Å². The third-order valence-corrected chi connectivity index (χ3v) is 3.80. The molecule has 0 aliphatic heterocycles. The van der Waals surface area contributed by atoms with Crippen LogP contribution in [0.1, 0.15) is 11.1 Å². The minimum atomic E-state index is -3.92. The average molecular weight is 284 g/mol. The molecule has 0 heterocycles. The van der Waals surface area contributed by atoms with Gasteiger partial charge in [0.15, 0.2) is 6.10 Å². The van der Waals surface area contributed by atoms with Crippen LogP contribution in [0.3, 0.4) is 0 Å². The van der Waals surface area contributed by atoms with Crippen LogP contribution in [0.4, 0.5) is 0 Å². The molecule has 7 nitrogen and oxygen atoms in total. The second kappa shape index (κ2) is 5.79. The summed E-state index contributed by atoms with van der Waals surface area (Å²) >= 11 is 0. The van der Waals surface area contributed by atoms with Gasteiger partial charge in [0.25, 0.3) is 0 Å². The molecule has 102 valence electrons. The lowest BCUT2D eigenvalue weighted by Crippen LogP contribution is -2.36. The van der Waals surface area contributed by atoms with E-state index in [0.29, 0.717) is 11.1 Å². The highest BCUT2D eigenvalue weighted by atomic mass is 32.2. The van der Waals surface area contributed by atoms with Gasteiger partial charge in [0.1, 0.15) is 0 Å². The van der Waals surface area contributed by atoms with E-state index >= 15 is 0 Å². The van der Waals surface area contributed by atoms with Crippen LogP contribution >= 0.6 is 0 Å². The number of aryl methyl sites for hydroxylation is 1. The van der Waals surface area contributed by atoms with E-state index < -0.39 is 28.6 Å². The lowest BCUT2D eigenvalue weighted by atomic mass is 10.1. The van der Waals surface area contributed by atoms with Crippen LogP contribution in [0.15, 0.2) is 23.1 Å². The summed E-state index contributed by atoms with van der Waals surface area (Å²) in [7, 11) is -3.92. The van der Waals surface area contributed by atoms with E-state index in [1.54, 1.807) is 6.92 Å². The Kier molecular flexibility index (Phi) is 4.61. The summed E-state index contributed by atoms with van der Waals surface area (Å²) in [5.74, 6) is -1.52. The van der Waals surface area contributed by atoms with Gasteiger partial charge < -0.3 is 10.2 Å². The number of hydrogen-bond acceptors (Lipinski definition) is 5. The fraction of sp³-hybridized carbons (Fsp3) is 0.273. The predicted molar refractivity (Wildman–Crippen MR) is 64.7 cm³/mol. The average Bonchev–Trinajstić information content (AvgIpc) is 2.35. The van der Waals surface area contributed by atoms with Gasteiger partial charge in [-0.1, -0.05) is 0 Å². The molecule has 0 saturated carbocycles. The first kappa shape index (κ1) is 15.1. The van der Waals surface area contributed by atoms with Crippen molar-refractivity contribution in [1.29, 1.82) is 5.26 Å². The van der Waals surface area contributed by atoms with E-state index in [1.165, 1.54) is 18.2 Å². The molecule has 0 spiro atoms. The molecule has 1 atom stereocenters. The van der Waals surface area contributed by atoms with Gasteiger partial charge in [-0.15, -0.1) is 0 Å². The summed E-state index contributed by atoms with van der Waals surface area (Å²) in [5, 5.41) is 26.2. The highest BCUT2D eigenvalue weighted by molar-refractivity contribution is 7.89. The zero-order chi connectivity index (χ0) is 14.6. The van der Waals surface area contributed by atoms with Gasteiger partial charge in [0, 0.05) is 6.54 Å². The molecular weight excluding hydrogens is 272 g/mol. The maximum absolute atomic E-state index is 11.8. The largest absolute Gasteiger partial charge is 0.479 e. The fourth-order valence-corrected chi connectivity index (χ4v) is 2.41. The Bertz CT molecular complexity index is 633. The molecule has 0 aliphatic rings. The molecule has 0 saturated heterocycles. The van der Waals surface area contributed by atoms with Crippen LogP contribution in [0.2, 0.25) is 0 Å². The number of carboxylic acids is 1. The van der Waals surface area contributed by atoms with E-state index in [1.807, 2.05) is 10.8 Å². The van der Waals surface area contributed by atoms with Crippen LogP contribution in [0, 0.1) is 18.3 Å². The van der Waals surface area contributed by atoms with E-state index in [4.69, 9.17) is 15.5 Å². The molecule has 0 aliphatic carbocycles. The molecule has 3 N–H and O–H groups in total. The number of aliphatic hydroxyl groups excluding tert-OH is 1. The second-order valence-corrected chi connectivity index (χ2v) is 5.56. The summed E-state index contributed by atoms with van der Waals surface area (Å²) in [5.41, 5.74) is 0.841. The molecule has 1 aromatic carbocycles. The van der Waals surface area contributed by atoms with Gasteiger partial charge in [0.2, 0.25) is 10.0 Å².